The maximum Gasteiger partial charge on any atom is 0.408 e. The van der Waals surface area contributed by atoms with Crippen LogP contribution in [0, 0.1) is 6.92 Å². The minimum Gasteiger partial charge on any atom is -0.444 e. The molecule has 0 saturated carbocycles. The van der Waals surface area contributed by atoms with E-state index < -0.39 is 35.5 Å². The first-order chi connectivity index (χ1) is 14.0. The smallest absolute Gasteiger partial charge is 0.408 e. The lowest BCUT2D eigenvalue weighted by atomic mass is 10.1. The summed E-state index contributed by atoms with van der Waals surface area (Å²) in [5.74, 6) is -0.865. The maximum atomic E-state index is 12.2. The zero-order valence-electron chi connectivity index (χ0n) is 17.6. The Morgan fingerprint density at radius 1 is 1.17 bits per heavy atom. The molecule has 0 atom stereocenters. The number of nitrogens with zero attached hydrogens (tertiary/aromatic N) is 1. The van der Waals surface area contributed by atoms with Crippen molar-refractivity contribution in [2.45, 2.75) is 46.6 Å². The molecule has 10 nitrogen and oxygen atoms in total. The van der Waals surface area contributed by atoms with Crippen molar-refractivity contribution < 1.29 is 19.2 Å². The number of aromatic nitrogens is 2. The predicted molar refractivity (Wildman–Crippen MR) is 111 cm³/mol. The molecule has 0 unspecified atom stereocenters. The molecule has 0 aliphatic rings. The third-order valence-electron chi connectivity index (χ3n) is 3.87. The highest BCUT2D eigenvalue weighted by Crippen LogP contribution is 2.18. The number of benzene rings is 1. The lowest BCUT2D eigenvalue weighted by Gasteiger charge is -2.19. The van der Waals surface area contributed by atoms with Crippen LogP contribution < -0.4 is 26.7 Å². The molecule has 1 aromatic carbocycles. The minimum atomic E-state index is -1.01. The van der Waals surface area contributed by atoms with Gasteiger partial charge in [0.25, 0.3) is 5.56 Å². The van der Waals surface area contributed by atoms with Crippen LogP contribution in [0.5, 0.6) is 0 Å². The molecule has 2 aromatic rings. The number of carbonyl (C=O) groups is 2. The predicted octanol–water partition coefficient (Wildman–Crippen LogP) is 1.63. The van der Waals surface area contributed by atoms with Crippen LogP contribution in [-0.4, -0.2) is 33.9 Å². The van der Waals surface area contributed by atoms with E-state index in [-0.39, 0.29) is 10.5 Å². The summed E-state index contributed by atoms with van der Waals surface area (Å²) in [5, 5.41) is 5.13. The fourth-order valence-corrected chi connectivity index (χ4v) is 2.52. The Kier molecular flexibility index (Phi) is 7.04. The average Bonchev–Trinajstić information content (AvgIpc) is 2.63. The molecule has 3 N–H and O–H groups in total. The van der Waals surface area contributed by atoms with Crippen LogP contribution in [0.15, 0.2) is 33.9 Å². The number of hydrogen-bond donors (Lipinski definition) is 3. The molecule has 2 rings (SSSR count). The van der Waals surface area contributed by atoms with E-state index in [0.717, 1.165) is 23.6 Å². The van der Waals surface area contributed by atoms with Crippen LogP contribution in [0.3, 0.4) is 0 Å². The highest BCUT2D eigenvalue weighted by Gasteiger charge is 2.18. The molecule has 0 radical (unpaired) electrons. The van der Waals surface area contributed by atoms with Gasteiger partial charge in [-0.15, -0.1) is 0 Å². The van der Waals surface area contributed by atoms with Crippen molar-refractivity contribution in [3.05, 3.63) is 56.2 Å². The second kappa shape index (κ2) is 9.29. The zero-order valence-corrected chi connectivity index (χ0v) is 17.6. The van der Waals surface area contributed by atoms with Crippen molar-refractivity contribution in [3.63, 3.8) is 0 Å². The van der Waals surface area contributed by atoms with Crippen molar-refractivity contribution in [2.75, 3.05) is 11.9 Å². The normalized spacial score (nSPS) is 11.0. The SMILES string of the molecule is CCc1cc(Nc2cc(=O)n(OC(=O)CNC(=O)OC(C)(C)C)c(=O)[nH]2)ccc1C. The van der Waals surface area contributed by atoms with Crippen molar-refractivity contribution in [3.8, 4) is 0 Å². The molecule has 0 fully saturated rings. The lowest BCUT2D eigenvalue weighted by Crippen LogP contribution is -2.45. The van der Waals surface area contributed by atoms with Crippen molar-refractivity contribution >= 4 is 23.6 Å². The number of ether oxygens (including phenoxy) is 1. The number of carbonyl (C=O) groups excluding carboxylic acids is 2. The van der Waals surface area contributed by atoms with E-state index in [2.05, 4.69) is 15.6 Å². The fourth-order valence-electron chi connectivity index (χ4n) is 2.52. The Morgan fingerprint density at radius 2 is 1.87 bits per heavy atom. The summed E-state index contributed by atoms with van der Waals surface area (Å²) in [7, 11) is 0. The zero-order chi connectivity index (χ0) is 22.5. The molecule has 0 aliphatic carbocycles. The molecule has 1 amide bonds. The number of hydrogen-bond acceptors (Lipinski definition) is 7. The summed E-state index contributed by atoms with van der Waals surface area (Å²) >= 11 is 0. The topological polar surface area (TPSA) is 132 Å². The average molecular weight is 418 g/mol. The van der Waals surface area contributed by atoms with Gasteiger partial charge in [0.1, 0.15) is 18.0 Å². The fraction of sp³-hybridized carbons (Fsp3) is 0.400. The van der Waals surface area contributed by atoms with E-state index in [1.54, 1.807) is 20.8 Å². The highest BCUT2D eigenvalue weighted by atomic mass is 16.7. The molecule has 162 valence electrons. The number of aromatic amines is 1. The van der Waals surface area contributed by atoms with E-state index in [4.69, 9.17) is 9.57 Å². The van der Waals surface area contributed by atoms with Gasteiger partial charge in [0.05, 0.1) is 0 Å². The molecule has 0 aliphatic heterocycles. The number of anilines is 2. The minimum absolute atomic E-state index is 0.148. The molecule has 0 spiro atoms. The lowest BCUT2D eigenvalue weighted by molar-refractivity contribution is -0.144. The van der Waals surface area contributed by atoms with Crippen molar-refractivity contribution in [2.24, 2.45) is 0 Å². The number of amides is 1. The second-order valence-electron chi connectivity index (χ2n) is 7.56. The maximum absolute atomic E-state index is 12.2. The number of rotatable bonds is 6. The summed E-state index contributed by atoms with van der Waals surface area (Å²) in [4.78, 5) is 54.9. The molecular formula is C20H26N4O6. The number of aryl methyl sites for hydroxylation is 2. The van der Waals surface area contributed by atoms with Gasteiger partial charge in [-0.25, -0.2) is 14.4 Å². The van der Waals surface area contributed by atoms with Gasteiger partial charge in [0.15, 0.2) is 0 Å². The molecule has 10 heteroatoms. The van der Waals surface area contributed by atoms with Gasteiger partial charge in [0, 0.05) is 11.8 Å². The summed E-state index contributed by atoms with van der Waals surface area (Å²) in [5.41, 5.74) is 0.429. The largest absolute Gasteiger partial charge is 0.444 e. The Hall–Kier alpha value is -3.56. The standard InChI is InChI=1S/C20H26N4O6/c1-6-13-9-14(8-7-12(13)2)22-15-10-16(25)24(18(27)23-15)30-17(26)11-21-19(28)29-20(3,4)5/h7-10,22H,6,11H2,1-5H3,(H,21,28)(H,23,27). The summed E-state index contributed by atoms with van der Waals surface area (Å²) in [6.45, 7) is 8.45. The quantitative estimate of drug-likeness (QED) is 0.650. The van der Waals surface area contributed by atoms with Crippen LogP contribution in [0.25, 0.3) is 0 Å². The number of H-pyrrole nitrogens is 1. The first-order valence-electron chi connectivity index (χ1n) is 9.39. The van der Waals surface area contributed by atoms with Crippen LogP contribution in [0.1, 0.15) is 38.8 Å². The summed E-state index contributed by atoms with van der Waals surface area (Å²) in [6, 6.07) is 6.75. The molecule has 30 heavy (non-hydrogen) atoms. The van der Waals surface area contributed by atoms with E-state index in [1.807, 2.05) is 32.0 Å². The van der Waals surface area contributed by atoms with Gasteiger partial charge in [-0.05, 0) is 57.4 Å². The van der Waals surface area contributed by atoms with Gasteiger partial charge >= 0.3 is 17.8 Å². The van der Waals surface area contributed by atoms with Crippen LogP contribution in [-0.2, 0) is 16.0 Å². The van der Waals surface area contributed by atoms with Gasteiger partial charge in [-0.1, -0.05) is 17.7 Å². The van der Waals surface area contributed by atoms with E-state index >= 15 is 0 Å². The van der Waals surface area contributed by atoms with Crippen molar-refractivity contribution in [1.29, 1.82) is 0 Å². The van der Waals surface area contributed by atoms with E-state index in [0.29, 0.717) is 5.69 Å². The Morgan fingerprint density at radius 3 is 2.47 bits per heavy atom. The Labute approximate surface area is 173 Å². The van der Waals surface area contributed by atoms with Gasteiger partial charge in [-0.2, -0.15) is 0 Å². The highest BCUT2D eigenvalue weighted by molar-refractivity contribution is 5.78. The Bertz CT molecular complexity index is 1020. The van der Waals surface area contributed by atoms with Crippen LogP contribution >= 0.6 is 0 Å². The first-order valence-corrected chi connectivity index (χ1v) is 9.39. The summed E-state index contributed by atoms with van der Waals surface area (Å²) in [6.07, 6.45) is 0.0111. The molecule has 1 heterocycles. The molecule has 0 saturated heterocycles. The molecule has 1 aromatic heterocycles. The number of nitrogens with one attached hydrogen (secondary N) is 3. The first kappa shape index (κ1) is 22.7. The van der Waals surface area contributed by atoms with Crippen LogP contribution in [0.2, 0.25) is 0 Å². The van der Waals surface area contributed by atoms with Gasteiger partial charge in [0.2, 0.25) is 0 Å². The number of alkyl carbamates (subject to hydrolysis) is 1. The van der Waals surface area contributed by atoms with Crippen LogP contribution in [0.4, 0.5) is 16.3 Å². The second-order valence-corrected chi connectivity index (χ2v) is 7.56. The third-order valence-corrected chi connectivity index (χ3v) is 3.87. The van der Waals surface area contributed by atoms with E-state index in [9.17, 15) is 19.2 Å². The van der Waals surface area contributed by atoms with Gasteiger partial charge < -0.3 is 20.2 Å². The molecular weight excluding hydrogens is 392 g/mol. The monoisotopic (exact) mass is 418 g/mol. The van der Waals surface area contributed by atoms with Gasteiger partial charge in [-0.3, -0.25) is 9.78 Å². The summed E-state index contributed by atoms with van der Waals surface area (Å²) < 4.78 is 5.25. The van der Waals surface area contributed by atoms with E-state index in [1.165, 1.54) is 0 Å². The third kappa shape index (κ3) is 6.50. The molecule has 0 bridgehead atoms. The van der Waals surface area contributed by atoms with Crippen molar-refractivity contribution in [1.82, 2.24) is 15.0 Å². The Balaban J connectivity index is 2.06.